The standard InChI is InChI=1S/C24H21FN2O2S/c1-15-11-12-21(16(2)13-15)27-22(28)14-30-24(27)18-8-4-6-10-20(18)26-23(29)17-7-3-5-9-19(17)25/h3-13,24H,14H2,1-2H3,(H,26,29)/t24-/m1/s1. The lowest BCUT2D eigenvalue weighted by Gasteiger charge is -2.27. The van der Waals surface area contributed by atoms with Gasteiger partial charge in [-0.25, -0.2) is 4.39 Å². The van der Waals surface area contributed by atoms with Gasteiger partial charge >= 0.3 is 0 Å². The Kier molecular flexibility index (Phi) is 5.59. The summed E-state index contributed by atoms with van der Waals surface area (Å²) in [5.74, 6) is -0.719. The van der Waals surface area contributed by atoms with Crippen molar-refractivity contribution < 1.29 is 14.0 Å². The van der Waals surface area contributed by atoms with E-state index in [1.807, 2.05) is 44.2 Å². The van der Waals surface area contributed by atoms with Crippen LogP contribution in [0.5, 0.6) is 0 Å². The van der Waals surface area contributed by atoms with E-state index in [4.69, 9.17) is 0 Å². The first kappa shape index (κ1) is 20.2. The summed E-state index contributed by atoms with van der Waals surface area (Å²) in [4.78, 5) is 27.2. The van der Waals surface area contributed by atoms with Crippen LogP contribution in [0.15, 0.2) is 66.7 Å². The molecule has 30 heavy (non-hydrogen) atoms. The minimum atomic E-state index is -0.574. The second kappa shape index (κ2) is 8.32. The summed E-state index contributed by atoms with van der Waals surface area (Å²) in [6, 6.07) is 19.2. The molecule has 3 aromatic carbocycles. The predicted octanol–water partition coefficient (Wildman–Crippen LogP) is 5.47. The molecule has 6 heteroatoms. The minimum Gasteiger partial charge on any atom is -0.322 e. The van der Waals surface area contributed by atoms with Crippen molar-refractivity contribution in [1.29, 1.82) is 0 Å². The predicted molar refractivity (Wildman–Crippen MR) is 119 cm³/mol. The number of hydrogen-bond donors (Lipinski definition) is 1. The number of rotatable bonds is 4. The molecule has 3 aromatic rings. The van der Waals surface area contributed by atoms with Crippen molar-refractivity contribution in [3.8, 4) is 0 Å². The third-order valence-electron chi connectivity index (χ3n) is 5.07. The molecule has 0 radical (unpaired) electrons. The summed E-state index contributed by atoms with van der Waals surface area (Å²) in [7, 11) is 0. The Morgan fingerprint density at radius 2 is 1.80 bits per heavy atom. The van der Waals surface area contributed by atoms with E-state index in [-0.39, 0.29) is 16.8 Å². The largest absolute Gasteiger partial charge is 0.322 e. The van der Waals surface area contributed by atoms with Crippen LogP contribution < -0.4 is 10.2 Å². The number of carbonyl (C=O) groups excluding carboxylic acids is 2. The Labute approximate surface area is 179 Å². The monoisotopic (exact) mass is 420 g/mol. The zero-order valence-electron chi connectivity index (χ0n) is 16.7. The molecule has 0 bridgehead atoms. The van der Waals surface area contributed by atoms with Crippen molar-refractivity contribution in [3.05, 3.63) is 94.8 Å². The van der Waals surface area contributed by atoms with Crippen LogP contribution >= 0.6 is 11.8 Å². The molecule has 1 atom stereocenters. The third-order valence-corrected chi connectivity index (χ3v) is 6.27. The van der Waals surface area contributed by atoms with Crippen molar-refractivity contribution in [2.45, 2.75) is 19.2 Å². The number of nitrogens with one attached hydrogen (secondary N) is 1. The summed E-state index contributed by atoms with van der Waals surface area (Å²) >= 11 is 1.51. The molecule has 1 heterocycles. The number of nitrogens with zero attached hydrogens (tertiary/aromatic N) is 1. The fourth-order valence-corrected chi connectivity index (χ4v) is 4.86. The molecule has 1 aliphatic heterocycles. The first-order chi connectivity index (χ1) is 14.5. The molecule has 0 saturated carbocycles. The molecule has 2 amide bonds. The lowest BCUT2D eigenvalue weighted by atomic mass is 10.1. The van der Waals surface area contributed by atoms with Crippen LogP contribution in [-0.2, 0) is 4.79 Å². The zero-order valence-corrected chi connectivity index (χ0v) is 17.5. The van der Waals surface area contributed by atoms with Crippen molar-refractivity contribution in [1.82, 2.24) is 0 Å². The van der Waals surface area contributed by atoms with E-state index in [2.05, 4.69) is 11.4 Å². The molecule has 4 nitrogen and oxygen atoms in total. The van der Waals surface area contributed by atoms with Crippen LogP contribution in [0.4, 0.5) is 15.8 Å². The van der Waals surface area contributed by atoms with Gasteiger partial charge in [0.25, 0.3) is 5.91 Å². The molecule has 1 N–H and O–H groups in total. The fourth-order valence-electron chi connectivity index (χ4n) is 3.65. The molecule has 0 aromatic heterocycles. The fraction of sp³-hybridized carbons (Fsp3) is 0.167. The highest BCUT2D eigenvalue weighted by molar-refractivity contribution is 8.00. The normalized spacial score (nSPS) is 16.0. The lowest BCUT2D eigenvalue weighted by molar-refractivity contribution is -0.115. The van der Waals surface area contributed by atoms with E-state index in [1.165, 1.54) is 23.9 Å². The Hall–Kier alpha value is -3.12. The molecule has 0 unspecified atom stereocenters. The Morgan fingerprint density at radius 3 is 2.57 bits per heavy atom. The topological polar surface area (TPSA) is 49.4 Å². The zero-order chi connectivity index (χ0) is 21.3. The second-order valence-corrected chi connectivity index (χ2v) is 8.31. The number of anilines is 2. The summed E-state index contributed by atoms with van der Waals surface area (Å²) in [5, 5.41) is 2.54. The molecule has 1 saturated heterocycles. The van der Waals surface area contributed by atoms with Gasteiger partial charge in [-0.05, 0) is 43.7 Å². The highest BCUT2D eigenvalue weighted by Crippen LogP contribution is 2.45. The van der Waals surface area contributed by atoms with Gasteiger partial charge in [0, 0.05) is 16.9 Å². The molecular formula is C24H21FN2O2S. The molecule has 4 rings (SSSR count). The highest BCUT2D eigenvalue weighted by Gasteiger charge is 2.36. The average molecular weight is 421 g/mol. The van der Waals surface area contributed by atoms with Crippen molar-refractivity contribution in [3.63, 3.8) is 0 Å². The quantitative estimate of drug-likeness (QED) is 0.609. The smallest absolute Gasteiger partial charge is 0.258 e. The number of carbonyl (C=O) groups is 2. The van der Waals surface area contributed by atoms with Crippen LogP contribution in [0.25, 0.3) is 0 Å². The summed E-state index contributed by atoms with van der Waals surface area (Å²) in [6.07, 6.45) is 0. The van der Waals surface area contributed by atoms with Crippen molar-refractivity contribution >= 4 is 35.0 Å². The molecule has 1 aliphatic rings. The average Bonchev–Trinajstić information content (AvgIpc) is 3.10. The minimum absolute atomic E-state index is 0.0197. The maximum absolute atomic E-state index is 14.0. The van der Waals surface area contributed by atoms with Crippen molar-refractivity contribution in [2.24, 2.45) is 0 Å². The van der Waals surface area contributed by atoms with Crippen LogP contribution in [0.1, 0.15) is 32.4 Å². The van der Waals surface area contributed by atoms with Crippen LogP contribution in [0.2, 0.25) is 0 Å². The molecular weight excluding hydrogens is 399 g/mol. The van der Waals surface area contributed by atoms with Crippen LogP contribution in [0, 0.1) is 19.7 Å². The number of para-hydroxylation sites is 1. The molecule has 0 aliphatic carbocycles. The Balaban J connectivity index is 1.69. The lowest BCUT2D eigenvalue weighted by Crippen LogP contribution is -2.29. The van der Waals surface area contributed by atoms with Gasteiger partial charge in [-0.15, -0.1) is 11.8 Å². The number of benzene rings is 3. The van der Waals surface area contributed by atoms with Gasteiger partial charge in [0.05, 0.1) is 11.3 Å². The van der Waals surface area contributed by atoms with Gasteiger partial charge in [0.1, 0.15) is 11.2 Å². The molecule has 152 valence electrons. The number of amides is 2. The van der Waals surface area contributed by atoms with Crippen LogP contribution in [0.3, 0.4) is 0 Å². The second-order valence-electron chi connectivity index (χ2n) is 7.24. The van der Waals surface area contributed by atoms with Gasteiger partial charge in [-0.2, -0.15) is 0 Å². The Bertz CT molecular complexity index is 1130. The number of halogens is 1. The van der Waals surface area contributed by atoms with Gasteiger partial charge in [0.2, 0.25) is 5.91 Å². The summed E-state index contributed by atoms with van der Waals surface area (Å²) < 4.78 is 14.0. The highest BCUT2D eigenvalue weighted by atomic mass is 32.2. The van der Waals surface area contributed by atoms with Crippen molar-refractivity contribution in [2.75, 3.05) is 16.0 Å². The first-order valence-electron chi connectivity index (χ1n) is 9.61. The first-order valence-corrected chi connectivity index (χ1v) is 10.7. The summed E-state index contributed by atoms with van der Waals surface area (Å²) in [5.41, 5.74) is 4.35. The van der Waals surface area contributed by atoms with E-state index in [1.54, 1.807) is 23.1 Å². The number of aryl methyl sites for hydroxylation is 2. The molecule has 1 fully saturated rings. The maximum atomic E-state index is 14.0. The van der Waals surface area contributed by atoms with E-state index >= 15 is 0 Å². The van der Waals surface area contributed by atoms with Gasteiger partial charge in [-0.3, -0.25) is 14.5 Å². The van der Waals surface area contributed by atoms with Gasteiger partial charge in [0.15, 0.2) is 0 Å². The van der Waals surface area contributed by atoms with E-state index < -0.39 is 11.7 Å². The van der Waals surface area contributed by atoms with Gasteiger partial charge < -0.3 is 5.32 Å². The van der Waals surface area contributed by atoms with Crippen LogP contribution in [-0.4, -0.2) is 17.6 Å². The van der Waals surface area contributed by atoms with E-state index in [0.717, 1.165) is 22.4 Å². The molecule has 0 spiro atoms. The van der Waals surface area contributed by atoms with E-state index in [9.17, 15) is 14.0 Å². The van der Waals surface area contributed by atoms with E-state index in [0.29, 0.717) is 11.4 Å². The third kappa shape index (κ3) is 3.83. The summed E-state index contributed by atoms with van der Waals surface area (Å²) in [6.45, 7) is 4.00. The number of thioether (sulfide) groups is 1. The maximum Gasteiger partial charge on any atom is 0.258 e. The number of hydrogen-bond acceptors (Lipinski definition) is 3. The SMILES string of the molecule is Cc1ccc(N2C(=O)CS[C@@H]2c2ccccc2NC(=O)c2ccccc2F)c(C)c1. The van der Waals surface area contributed by atoms with Gasteiger partial charge in [-0.1, -0.05) is 48.0 Å². The Morgan fingerprint density at radius 1 is 1.07 bits per heavy atom.